The molecule has 0 unspecified atom stereocenters. The minimum Gasteiger partial charge on any atom is -0.463 e. The van der Waals surface area contributed by atoms with E-state index in [1.54, 1.807) is 6.26 Å². The van der Waals surface area contributed by atoms with Crippen LogP contribution < -0.4 is 5.32 Å². The van der Waals surface area contributed by atoms with Gasteiger partial charge in [0.1, 0.15) is 5.69 Å². The normalized spacial score (nSPS) is 15.0. The van der Waals surface area contributed by atoms with Crippen molar-refractivity contribution in [3.8, 4) is 0 Å². The molecule has 1 aliphatic rings. The zero-order chi connectivity index (χ0) is 17.9. The molecular formula is C21H25N3O2. The van der Waals surface area contributed by atoms with Gasteiger partial charge in [-0.25, -0.2) is 0 Å². The zero-order valence-corrected chi connectivity index (χ0v) is 15.2. The number of hydrogen-bond donors (Lipinski definition) is 1. The van der Waals surface area contributed by atoms with Crippen LogP contribution in [0, 0.1) is 6.92 Å². The fraction of sp³-hybridized carbons (Fsp3) is 0.381. The summed E-state index contributed by atoms with van der Waals surface area (Å²) in [5.74, 6) is -0.0392. The van der Waals surface area contributed by atoms with Gasteiger partial charge in [-0.2, -0.15) is 0 Å². The van der Waals surface area contributed by atoms with Gasteiger partial charge in [-0.15, -0.1) is 0 Å². The molecule has 1 N–H and O–H groups in total. The first kappa shape index (κ1) is 16.9. The number of fused-ring (bicyclic) bond motifs is 1. The maximum Gasteiger partial charge on any atom is 0.268 e. The number of hydrogen-bond acceptors (Lipinski definition) is 3. The summed E-state index contributed by atoms with van der Waals surface area (Å²) in [7, 11) is 0. The van der Waals surface area contributed by atoms with E-state index in [4.69, 9.17) is 4.42 Å². The number of benzene rings is 1. The fourth-order valence-corrected chi connectivity index (χ4v) is 3.64. The summed E-state index contributed by atoms with van der Waals surface area (Å²) in [5.41, 5.74) is 4.76. The second-order valence-corrected chi connectivity index (χ2v) is 7.08. The van der Waals surface area contributed by atoms with Gasteiger partial charge in [-0.1, -0.05) is 29.8 Å². The van der Waals surface area contributed by atoms with Gasteiger partial charge in [-0.05, 0) is 38.4 Å². The predicted molar refractivity (Wildman–Crippen MR) is 102 cm³/mol. The van der Waals surface area contributed by atoms with Gasteiger partial charge >= 0.3 is 0 Å². The molecule has 0 radical (unpaired) electrons. The number of amides is 1. The lowest BCUT2D eigenvalue weighted by Crippen LogP contribution is -2.34. The third-order valence-corrected chi connectivity index (χ3v) is 5.13. The van der Waals surface area contributed by atoms with Gasteiger partial charge in [0, 0.05) is 31.8 Å². The van der Waals surface area contributed by atoms with Crippen molar-refractivity contribution < 1.29 is 9.21 Å². The highest BCUT2D eigenvalue weighted by atomic mass is 16.3. The maximum absolute atomic E-state index is 12.8. The minimum atomic E-state index is -0.0392. The van der Waals surface area contributed by atoms with E-state index < -0.39 is 0 Å². The van der Waals surface area contributed by atoms with Crippen molar-refractivity contribution in [1.29, 1.82) is 0 Å². The Labute approximate surface area is 153 Å². The molecular weight excluding hydrogens is 326 g/mol. The first-order valence-corrected chi connectivity index (χ1v) is 9.33. The highest BCUT2D eigenvalue weighted by Gasteiger charge is 2.18. The van der Waals surface area contributed by atoms with E-state index in [-0.39, 0.29) is 5.91 Å². The van der Waals surface area contributed by atoms with Gasteiger partial charge in [0.15, 0.2) is 5.58 Å². The molecule has 5 heteroatoms. The Hall–Kier alpha value is -2.53. The first-order chi connectivity index (χ1) is 12.7. The van der Waals surface area contributed by atoms with Gasteiger partial charge in [0.2, 0.25) is 0 Å². The number of carbonyl (C=O) groups excluding carboxylic acids is 1. The standard InChI is InChI=1S/C21H25N3O2/c1-16-4-6-17(7-5-16)15-24-18-8-13-26-20(18)14-19(24)21(25)22-9-12-23-10-2-3-11-23/h4-8,13-14H,2-3,9-12,15H2,1H3,(H,22,25). The molecule has 0 aliphatic carbocycles. The lowest BCUT2D eigenvalue weighted by Gasteiger charge is -2.15. The van der Waals surface area contributed by atoms with Gasteiger partial charge in [0.05, 0.1) is 11.8 Å². The van der Waals surface area contributed by atoms with E-state index in [1.165, 1.54) is 24.0 Å². The molecule has 1 saturated heterocycles. The number of nitrogens with zero attached hydrogens (tertiary/aromatic N) is 2. The third-order valence-electron chi connectivity index (χ3n) is 5.13. The van der Waals surface area contributed by atoms with Crippen LogP contribution in [0.3, 0.4) is 0 Å². The van der Waals surface area contributed by atoms with Gasteiger partial charge in [-0.3, -0.25) is 4.79 Å². The van der Waals surface area contributed by atoms with Crippen molar-refractivity contribution in [1.82, 2.24) is 14.8 Å². The molecule has 3 heterocycles. The molecule has 0 spiro atoms. The molecule has 1 amide bonds. The first-order valence-electron chi connectivity index (χ1n) is 9.33. The Morgan fingerprint density at radius 2 is 1.92 bits per heavy atom. The second-order valence-electron chi connectivity index (χ2n) is 7.08. The van der Waals surface area contributed by atoms with E-state index in [0.29, 0.717) is 18.8 Å². The Morgan fingerprint density at radius 3 is 2.69 bits per heavy atom. The van der Waals surface area contributed by atoms with E-state index in [1.807, 2.05) is 16.7 Å². The molecule has 5 nitrogen and oxygen atoms in total. The SMILES string of the molecule is Cc1ccc(Cn2c(C(=O)NCCN3CCCC3)cc3occc32)cc1. The molecule has 1 aliphatic heterocycles. The van der Waals surface area contributed by atoms with Crippen molar-refractivity contribution in [3.05, 3.63) is 59.5 Å². The number of carbonyl (C=O) groups is 1. The third kappa shape index (κ3) is 3.53. The molecule has 1 aromatic carbocycles. The van der Waals surface area contributed by atoms with Crippen LogP contribution in [0.4, 0.5) is 0 Å². The zero-order valence-electron chi connectivity index (χ0n) is 15.2. The fourth-order valence-electron chi connectivity index (χ4n) is 3.64. The summed E-state index contributed by atoms with van der Waals surface area (Å²) >= 11 is 0. The molecule has 1 fully saturated rings. The van der Waals surface area contributed by atoms with Crippen molar-refractivity contribution in [2.24, 2.45) is 0 Å². The summed E-state index contributed by atoms with van der Waals surface area (Å²) in [6.45, 7) is 6.61. The summed E-state index contributed by atoms with van der Waals surface area (Å²) in [5, 5.41) is 3.07. The minimum absolute atomic E-state index is 0.0392. The van der Waals surface area contributed by atoms with E-state index in [2.05, 4.69) is 41.4 Å². The Kier molecular flexibility index (Phi) is 4.80. The van der Waals surface area contributed by atoms with E-state index in [0.717, 1.165) is 30.7 Å². The van der Waals surface area contributed by atoms with Gasteiger partial charge < -0.3 is 19.2 Å². The monoisotopic (exact) mass is 351 g/mol. The van der Waals surface area contributed by atoms with Crippen molar-refractivity contribution >= 4 is 17.0 Å². The second kappa shape index (κ2) is 7.38. The lowest BCUT2D eigenvalue weighted by atomic mass is 10.1. The van der Waals surface area contributed by atoms with Crippen molar-refractivity contribution in [2.45, 2.75) is 26.3 Å². The largest absolute Gasteiger partial charge is 0.463 e. The summed E-state index contributed by atoms with van der Waals surface area (Å²) < 4.78 is 7.56. The summed E-state index contributed by atoms with van der Waals surface area (Å²) in [4.78, 5) is 15.2. The van der Waals surface area contributed by atoms with E-state index >= 15 is 0 Å². The van der Waals surface area contributed by atoms with Crippen molar-refractivity contribution in [2.75, 3.05) is 26.2 Å². The van der Waals surface area contributed by atoms with Gasteiger partial charge in [0.25, 0.3) is 5.91 Å². The predicted octanol–water partition coefficient (Wildman–Crippen LogP) is 3.42. The molecule has 26 heavy (non-hydrogen) atoms. The van der Waals surface area contributed by atoms with E-state index in [9.17, 15) is 4.79 Å². The molecule has 3 aromatic rings. The van der Waals surface area contributed by atoms with Crippen LogP contribution in [0.15, 0.2) is 47.1 Å². The quantitative estimate of drug-likeness (QED) is 0.740. The van der Waals surface area contributed by atoms with Crippen LogP contribution in [0.2, 0.25) is 0 Å². The lowest BCUT2D eigenvalue weighted by molar-refractivity contribution is 0.0941. The smallest absolute Gasteiger partial charge is 0.268 e. The molecule has 0 atom stereocenters. The molecule has 2 aromatic heterocycles. The number of aryl methyl sites for hydroxylation is 1. The molecule has 0 bridgehead atoms. The Balaban J connectivity index is 1.51. The van der Waals surface area contributed by atoms with Crippen LogP contribution in [0.5, 0.6) is 0 Å². The van der Waals surface area contributed by atoms with Crippen LogP contribution in [0.25, 0.3) is 11.1 Å². The van der Waals surface area contributed by atoms with Crippen LogP contribution >= 0.6 is 0 Å². The molecule has 136 valence electrons. The Morgan fingerprint density at radius 1 is 1.15 bits per heavy atom. The number of furan rings is 1. The molecule has 0 saturated carbocycles. The van der Waals surface area contributed by atoms with Crippen LogP contribution in [0.1, 0.15) is 34.5 Å². The number of nitrogens with one attached hydrogen (secondary N) is 1. The number of aromatic nitrogens is 1. The number of rotatable bonds is 6. The maximum atomic E-state index is 12.8. The highest BCUT2D eigenvalue weighted by Crippen LogP contribution is 2.22. The summed E-state index contributed by atoms with van der Waals surface area (Å²) in [6.07, 6.45) is 4.21. The van der Waals surface area contributed by atoms with Crippen LogP contribution in [-0.4, -0.2) is 41.6 Å². The highest BCUT2D eigenvalue weighted by molar-refractivity contribution is 5.97. The Bertz CT molecular complexity index is 886. The van der Waals surface area contributed by atoms with Crippen LogP contribution in [-0.2, 0) is 6.54 Å². The van der Waals surface area contributed by atoms with Crippen molar-refractivity contribution in [3.63, 3.8) is 0 Å². The topological polar surface area (TPSA) is 50.4 Å². The average Bonchev–Trinajstić information content (AvgIpc) is 3.35. The summed E-state index contributed by atoms with van der Waals surface area (Å²) in [6, 6.07) is 12.2. The molecule has 4 rings (SSSR count). The average molecular weight is 351 g/mol. The number of likely N-dealkylation sites (tertiary alicyclic amines) is 1.